The van der Waals surface area contributed by atoms with Gasteiger partial charge in [0.2, 0.25) is 5.91 Å². The molecule has 2 N–H and O–H groups in total. The van der Waals surface area contributed by atoms with Crippen LogP contribution in [-0.4, -0.2) is 23.6 Å². The first kappa shape index (κ1) is 17.2. The number of amides is 1. The van der Waals surface area contributed by atoms with Crippen molar-refractivity contribution < 1.29 is 23.8 Å². The van der Waals surface area contributed by atoms with Crippen LogP contribution in [0.1, 0.15) is 39.0 Å². The lowest BCUT2D eigenvalue weighted by molar-refractivity contribution is -0.143. The lowest BCUT2D eigenvalue weighted by Gasteiger charge is -2.25. The van der Waals surface area contributed by atoms with Gasteiger partial charge < -0.3 is 15.2 Å². The number of rotatable bonds is 6. The number of anilines is 1. The van der Waals surface area contributed by atoms with E-state index in [1.54, 1.807) is 0 Å². The molecule has 5 nitrogen and oxygen atoms in total. The van der Waals surface area contributed by atoms with Gasteiger partial charge in [0, 0.05) is 12.0 Å². The Morgan fingerprint density at radius 2 is 1.91 bits per heavy atom. The number of carboxylic acids is 1. The first-order valence-corrected chi connectivity index (χ1v) is 7.97. The van der Waals surface area contributed by atoms with E-state index in [-0.39, 0.29) is 17.7 Å². The van der Waals surface area contributed by atoms with E-state index >= 15 is 0 Å². The molecule has 1 amide bonds. The van der Waals surface area contributed by atoms with E-state index in [4.69, 9.17) is 9.84 Å². The predicted octanol–water partition coefficient (Wildman–Crippen LogP) is 3.44. The van der Waals surface area contributed by atoms with Crippen molar-refractivity contribution in [3.05, 3.63) is 24.0 Å². The van der Waals surface area contributed by atoms with Gasteiger partial charge in [-0.25, -0.2) is 4.39 Å². The van der Waals surface area contributed by atoms with Crippen LogP contribution >= 0.6 is 0 Å². The van der Waals surface area contributed by atoms with Gasteiger partial charge in [-0.05, 0) is 44.2 Å². The second kappa shape index (κ2) is 7.94. The van der Waals surface area contributed by atoms with Crippen LogP contribution in [0.15, 0.2) is 18.2 Å². The van der Waals surface area contributed by atoms with Crippen LogP contribution in [0.2, 0.25) is 0 Å². The van der Waals surface area contributed by atoms with Gasteiger partial charge in [0.05, 0.1) is 18.2 Å². The summed E-state index contributed by atoms with van der Waals surface area (Å²) >= 11 is 0. The summed E-state index contributed by atoms with van der Waals surface area (Å²) < 4.78 is 18.8. The Balaban J connectivity index is 1.99. The number of aliphatic carboxylic acids is 1. The molecule has 2 rings (SSSR count). The Kier molecular flexibility index (Phi) is 5.96. The number of benzene rings is 1. The second-order valence-electron chi connectivity index (χ2n) is 5.86. The third-order valence-electron chi connectivity index (χ3n) is 4.11. The summed E-state index contributed by atoms with van der Waals surface area (Å²) in [7, 11) is 0. The number of nitrogens with one attached hydrogen (secondary N) is 1. The van der Waals surface area contributed by atoms with Crippen LogP contribution in [0.25, 0.3) is 0 Å². The minimum Gasteiger partial charge on any atom is -0.491 e. The quantitative estimate of drug-likeness (QED) is 0.841. The minimum atomic E-state index is -0.794. The molecule has 0 radical (unpaired) electrons. The molecule has 1 aliphatic carbocycles. The van der Waals surface area contributed by atoms with E-state index in [0.717, 1.165) is 6.42 Å². The van der Waals surface area contributed by atoms with Crippen molar-refractivity contribution in [3.8, 4) is 5.75 Å². The maximum Gasteiger partial charge on any atom is 0.306 e. The van der Waals surface area contributed by atoms with Crippen LogP contribution in [0.5, 0.6) is 5.75 Å². The van der Waals surface area contributed by atoms with Gasteiger partial charge in [-0.1, -0.05) is 6.92 Å². The lowest BCUT2D eigenvalue weighted by atomic mass is 9.81. The smallest absolute Gasteiger partial charge is 0.306 e. The van der Waals surface area contributed by atoms with Crippen molar-refractivity contribution in [1.82, 2.24) is 0 Å². The molecule has 0 atom stereocenters. The van der Waals surface area contributed by atoms with Gasteiger partial charge in [0.1, 0.15) is 11.6 Å². The SMILES string of the molecule is CCCOc1cc(F)ccc1NC(=O)C1CCC(C(=O)O)CC1. The van der Waals surface area contributed by atoms with Crippen molar-refractivity contribution in [2.45, 2.75) is 39.0 Å². The van der Waals surface area contributed by atoms with E-state index in [0.29, 0.717) is 43.7 Å². The molecule has 0 aromatic heterocycles. The van der Waals surface area contributed by atoms with E-state index in [9.17, 15) is 14.0 Å². The average Bonchev–Trinajstić information content (AvgIpc) is 2.55. The van der Waals surface area contributed by atoms with Crippen LogP contribution < -0.4 is 10.1 Å². The summed E-state index contributed by atoms with van der Waals surface area (Å²) in [4.78, 5) is 23.3. The highest BCUT2D eigenvalue weighted by Crippen LogP contribution is 2.31. The van der Waals surface area contributed by atoms with Crippen LogP contribution in [0.4, 0.5) is 10.1 Å². The highest BCUT2D eigenvalue weighted by molar-refractivity contribution is 5.94. The maximum absolute atomic E-state index is 13.3. The summed E-state index contributed by atoms with van der Waals surface area (Å²) in [5.74, 6) is -1.63. The first-order valence-electron chi connectivity index (χ1n) is 7.97. The van der Waals surface area contributed by atoms with E-state index < -0.39 is 11.8 Å². The average molecular weight is 323 g/mol. The van der Waals surface area contributed by atoms with Crippen LogP contribution in [0, 0.1) is 17.7 Å². The Labute approximate surface area is 134 Å². The third kappa shape index (κ3) is 4.68. The number of carbonyl (C=O) groups excluding carboxylic acids is 1. The van der Waals surface area contributed by atoms with Crippen LogP contribution in [-0.2, 0) is 9.59 Å². The van der Waals surface area contributed by atoms with Crippen molar-refractivity contribution in [1.29, 1.82) is 0 Å². The van der Waals surface area contributed by atoms with Crippen molar-refractivity contribution in [2.75, 3.05) is 11.9 Å². The number of carboxylic acid groups (broad SMARTS) is 1. The highest BCUT2D eigenvalue weighted by atomic mass is 19.1. The molecule has 126 valence electrons. The largest absolute Gasteiger partial charge is 0.491 e. The third-order valence-corrected chi connectivity index (χ3v) is 4.11. The van der Waals surface area contributed by atoms with Crippen molar-refractivity contribution in [3.63, 3.8) is 0 Å². The molecular weight excluding hydrogens is 301 g/mol. The van der Waals surface area contributed by atoms with Gasteiger partial charge in [-0.2, -0.15) is 0 Å². The standard InChI is InChI=1S/C17H22FNO4/c1-2-9-23-15-10-13(18)7-8-14(15)19-16(20)11-3-5-12(6-4-11)17(21)22/h7-8,10-12H,2-6,9H2,1H3,(H,19,20)(H,21,22). The lowest BCUT2D eigenvalue weighted by Crippen LogP contribution is -2.29. The number of ether oxygens (including phenoxy) is 1. The Morgan fingerprint density at radius 1 is 1.26 bits per heavy atom. The Bertz CT molecular complexity index is 568. The molecule has 1 fully saturated rings. The molecule has 0 aliphatic heterocycles. The fraction of sp³-hybridized carbons (Fsp3) is 0.529. The molecule has 0 saturated heterocycles. The summed E-state index contributed by atoms with van der Waals surface area (Å²) in [6, 6.07) is 4.02. The number of hydrogen-bond acceptors (Lipinski definition) is 3. The normalized spacial score (nSPS) is 20.8. The summed E-state index contributed by atoms with van der Waals surface area (Å²) in [6.45, 7) is 2.38. The van der Waals surface area contributed by atoms with Gasteiger partial charge >= 0.3 is 5.97 Å². The van der Waals surface area contributed by atoms with E-state index in [2.05, 4.69) is 5.32 Å². The monoisotopic (exact) mass is 323 g/mol. The molecule has 0 bridgehead atoms. The molecule has 1 aromatic rings. The van der Waals surface area contributed by atoms with Crippen molar-refractivity contribution in [2.24, 2.45) is 11.8 Å². The molecular formula is C17H22FNO4. The maximum atomic E-state index is 13.3. The highest BCUT2D eigenvalue weighted by Gasteiger charge is 2.30. The summed E-state index contributed by atoms with van der Waals surface area (Å²) in [5.41, 5.74) is 0.449. The zero-order valence-corrected chi connectivity index (χ0v) is 13.2. The van der Waals surface area contributed by atoms with Gasteiger partial charge in [0.15, 0.2) is 0 Å². The van der Waals surface area contributed by atoms with Gasteiger partial charge in [0.25, 0.3) is 0 Å². The Hall–Kier alpha value is -2.11. The summed E-state index contributed by atoms with van der Waals surface area (Å²) in [5, 5.41) is 11.8. The van der Waals surface area contributed by atoms with E-state index in [1.807, 2.05) is 6.92 Å². The second-order valence-corrected chi connectivity index (χ2v) is 5.86. The van der Waals surface area contributed by atoms with Gasteiger partial charge in [-0.15, -0.1) is 0 Å². The minimum absolute atomic E-state index is 0.165. The topological polar surface area (TPSA) is 75.6 Å². The molecule has 1 aromatic carbocycles. The molecule has 0 unspecified atom stereocenters. The zero-order valence-electron chi connectivity index (χ0n) is 13.2. The first-order chi connectivity index (χ1) is 11.0. The summed E-state index contributed by atoms with van der Waals surface area (Å²) in [6.07, 6.45) is 2.90. The molecule has 0 heterocycles. The number of carbonyl (C=O) groups is 2. The van der Waals surface area contributed by atoms with Crippen LogP contribution in [0.3, 0.4) is 0 Å². The molecule has 23 heavy (non-hydrogen) atoms. The number of hydrogen-bond donors (Lipinski definition) is 2. The molecule has 1 aliphatic rings. The fourth-order valence-corrected chi connectivity index (χ4v) is 2.77. The molecule has 6 heteroatoms. The van der Waals surface area contributed by atoms with E-state index in [1.165, 1.54) is 18.2 Å². The fourth-order valence-electron chi connectivity index (χ4n) is 2.77. The number of halogens is 1. The molecule has 1 saturated carbocycles. The predicted molar refractivity (Wildman–Crippen MR) is 83.9 cm³/mol. The van der Waals surface area contributed by atoms with Crippen molar-refractivity contribution >= 4 is 17.6 Å². The Morgan fingerprint density at radius 3 is 2.52 bits per heavy atom. The zero-order chi connectivity index (χ0) is 16.8. The molecule has 0 spiro atoms. The van der Waals surface area contributed by atoms with Gasteiger partial charge in [-0.3, -0.25) is 9.59 Å².